The van der Waals surface area contributed by atoms with Gasteiger partial charge in [0, 0.05) is 36.0 Å². The summed E-state index contributed by atoms with van der Waals surface area (Å²) >= 11 is 0. The number of hydrogen-bond donors (Lipinski definition) is 2. The normalized spacial score (nSPS) is 19.5. The highest BCUT2D eigenvalue weighted by atomic mass is 16.2. The van der Waals surface area contributed by atoms with Crippen molar-refractivity contribution in [1.82, 2.24) is 4.90 Å². The fourth-order valence-corrected chi connectivity index (χ4v) is 2.31. The van der Waals surface area contributed by atoms with E-state index in [1.165, 1.54) is 0 Å². The smallest absolute Gasteiger partial charge is 0.253 e. The van der Waals surface area contributed by atoms with Crippen LogP contribution in [-0.2, 0) is 0 Å². The van der Waals surface area contributed by atoms with Crippen LogP contribution in [0.25, 0.3) is 0 Å². The number of likely N-dealkylation sites (tertiary alicyclic amines) is 1. The Hall–Kier alpha value is -2.23. The minimum Gasteiger partial charge on any atom is -0.402 e. The van der Waals surface area contributed by atoms with E-state index in [9.17, 15) is 4.79 Å². The molecule has 2 rings (SSSR count). The Kier molecular flexibility index (Phi) is 3.90. The maximum Gasteiger partial charge on any atom is 0.253 e. The lowest BCUT2D eigenvalue weighted by Crippen LogP contribution is -2.29. The molecule has 1 amide bonds. The topological polar surface area (TPSA) is 72.3 Å². The number of nitrogens with two attached hydrogens (primary N) is 2. The average molecular weight is 257 g/mol. The maximum atomic E-state index is 12.3. The fourth-order valence-electron chi connectivity index (χ4n) is 2.31. The SMILES string of the molecule is C=C(N)/C=C(\N)C1CCN(C(=O)c2ccccc2)C1. The van der Waals surface area contributed by atoms with Gasteiger partial charge >= 0.3 is 0 Å². The molecule has 1 aliphatic heterocycles. The lowest BCUT2D eigenvalue weighted by Gasteiger charge is -2.16. The summed E-state index contributed by atoms with van der Waals surface area (Å²) < 4.78 is 0. The minimum atomic E-state index is 0.0578. The van der Waals surface area contributed by atoms with E-state index in [0.717, 1.165) is 13.0 Å². The summed E-state index contributed by atoms with van der Waals surface area (Å²) in [6, 6.07) is 9.30. The predicted molar refractivity (Wildman–Crippen MR) is 76.1 cm³/mol. The second-order valence-electron chi connectivity index (χ2n) is 4.82. The predicted octanol–water partition coefficient (Wildman–Crippen LogP) is 1.46. The van der Waals surface area contributed by atoms with Gasteiger partial charge in [0.2, 0.25) is 0 Å². The van der Waals surface area contributed by atoms with E-state index < -0.39 is 0 Å². The lowest BCUT2D eigenvalue weighted by atomic mass is 10.0. The first-order chi connectivity index (χ1) is 9.08. The van der Waals surface area contributed by atoms with Gasteiger partial charge in [-0.05, 0) is 24.6 Å². The van der Waals surface area contributed by atoms with E-state index in [4.69, 9.17) is 11.5 Å². The Morgan fingerprint density at radius 1 is 1.32 bits per heavy atom. The van der Waals surface area contributed by atoms with Crippen molar-refractivity contribution in [3.8, 4) is 0 Å². The number of rotatable bonds is 3. The van der Waals surface area contributed by atoms with Crippen LogP contribution < -0.4 is 11.5 Å². The number of benzene rings is 1. The van der Waals surface area contributed by atoms with E-state index in [0.29, 0.717) is 23.5 Å². The van der Waals surface area contributed by atoms with Crippen LogP contribution in [0.2, 0.25) is 0 Å². The molecular formula is C15H19N3O. The van der Waals surface area contributed by atoms with Crippen LogP contribution in [0.4, 0.5) is 0 Å². The zero-order valence-electron chi connectivity index (χ0n) is 10.9. The molecule has 1 heterocycles. The van der Waals surface area contributed by atoms with Crippen molar-refractivity contribution in [1.29, 1.82) is 0 Å². The second-order valence-corrected chi connectivity index (χ2v) is 4.82. The van der Waals surface area contributed by atoms with Gasteiger partial charge in [-0.1, -0.05) is 24.8 Å². The van der Waals surface area contributed by atoms with Gasteiger partial charge in [0.25, 0.3) is 5.91 Å². The van der Waals surface area contributed by atoms with Crippen LogP contribution in [-0.4, -0.2) is 23.9 Å². The molecule has 100 valence electrons. The van der Waals surface area contributed by atoms with Gasteiger partial charge in [0.1, 0.15) is 0 Å². The van der Waals surface area contributed by atoms with E-state index in [-0.39, 0.29) is 11.8 Å². The number of amides is 1. The Morgan fingerprint density at radius 3 is 2.63 bits per heavy atom. The summed E-state index contributed by atoms with van der Waals surface area (Å²) in [5.74, 6) is 0.232. The molecular weight excluding hydrogens is 238 g/mol. The van der Waals surface area contributed by atoms with Crippen molar-refractivity contribution < 1.29 is 4.79 Å². The Balaban J connectivity index is 2.03. The van der Waals surface area contributed by atoms with E-state index in [1.54, 1.807) is 6.08 Å². The first kappa shape index (κ1) is 13.2. The zero-order chi connectivity index (χ0) is 13.8. The third kappa shape index (κ3) is 3.16. The van der Waals surface area contributed by atoms with E-state index >= 15 is 0 Å². The number of carbonyl (C=O) groups excluding carboxylic acids is 1. The summed E-state index contributed by atoms with van der Waals surface area (Å²) in [4.78, 5) is 14.1. The highest BCUT2D eigenvalue weighted by Gasteiger charge is 2.28. The lowest BCUT2D eigenvalue weighted by molar-refractivity contribution is 0.0789. The molecule has 1 fully saturated rings. The number of carbonyl (C=O) groups is 1. The highest BCUT2D eigenvalue weighted by molar-refractivity contribution is 5.94. The third-order valence-corrected chi connectivity index (χ3v) is 3.32. The van der Waals surface area contributed by atoms with Gasteiger partial charge < -0.3 is 16.4 Å². The van der Waals surface area contributed by atoms with Crippen LogP contribution >= 0.6 is 0 Å². The maximum absolute atomic E-state index is 12.3. The number of hydrogen-bond acceptors (Lipinski definition) is 3. The van der Waals surface area contributed by atoms with Crippen LogP contribution in [0.5, 0.6) is 0 Å². The van der Waals surface area contributed by atoms with E-state index in [1.807, 2.05) is 35.2 Å². The first-order valence-electron chi connectivity index (χ1n) is 6.33. The minimum absolute atomic E-state index is 0.0578. The molecule has 1 aromatic carbocycles. The van der Waals surface area contributed by atoms with Crippen molar-refractivity contribution in [2.45, 2.75) is 6.42 Å². The van der Waals surface area contributed by atoms with Crippen LogP contribution in [0.1, 0.15) is 16.8 Å². The molecule has 19 heavy (non-hydrogen) atoms. The van der Waals surface area contributed by atoms with Gasteiger partial charge in [0.15, 0.2) is 0 Å². The molecule has 0 aromatic heterocycles. The van der Waals surface area contributed by atoms with Crippen LogP contribution in [0.15, 0.2) is 54.4 Å². The molecule has 0 radical (unpaired) electrons. The molecule has 1 atom stereocenters. The monoisotopic (exact) mass is 257 g/mol. The molecule has 4 heteroatoms. The fraction of sp³-hybridized carbons (Fsp3) is 0.267. The summed E-state index contributed by atoms with van der Waals surface area (Å²) in [6.45, 7) is 4.98. The molecule has 1 unspecified atom stereocenters. The quantitative estimate of drug-likeness (QED) is 0.805. The van der Waals surface area contributed by atoms with Crippen molar-refractivity contribution >= 4 is 5.91 Å². The number of allylic oxidation sites excluding steroid dienone is 1. The van der Waals surface area contributed by atoms with Crippen LogP contribution in [0.3, 0.4) is 0 Å². The first-order valence-corrected chi connectivity index (χ1v) is 6.33. The molecule has 1 saturated heterocycles. The molecule has 0 saturated carbocycles. The van der Waals surface area contributed by atoms with Gasteiger partial charge in [0.05, 0.1) is 0 Å². The van der Waals surface area contributed by atoms with Crippen molar-refractivity contribution in [3.63, 3.8) is 0 Å². The summed E-state index contributed by atoms with van der Waals surface area (Å²) in [5, 5.41) is 0. The Labute approximate surface area is 113 Å². The molecule has 0 aliphatic carbocycles. The molecule has 4 nitrogen and oxygen atoms in total. The average Bonchev–Trinajstić information content (AvgIpc) is 2.88. The number of nitrogens with zero attached hydrogens (tertiary/aromatic N) is 1. The van der Waals surface area contributed by atoms with Crippen molar-refractivity contribution in [3.05, 3.63) is 59.9 Å². The Bertz CT molecular complexity index is 507. The highest BCUT2D eigenvalue weighted by Crippen LogP contribution is 2.22. The van der Waals surface area contributed by atoms with Gasteiger partial charge in [-0.25, -0.2) is 0 Å². The van der Waals surface area contributed by atoms with Gasteiger partial charge in [-0.3, -0.25) is 4.79 Å². The summed E-state index contributed by atoms with van der Waals surface area (Å²) in [7, 11) is 0. The third-order valence-electron chi connectivity index (χ3n) is 3.32. The standard InChI is InChI=1S/C15H19N3O/c1-11(16)9-14(17)13-7-8-18(10-13)15(19)12-5-3-2-4-6-12/h2-6,9,13H,1,7-8,10,16-17H2/b14-9-. The van der Waals surface area contributed by atoms with Gasteiger partial charge in [-0.2, -0.15) is 0 Å². The molecule has 1 aromatic rings. The summed E-state index contributed by atoms with van der Waals surface area (Å²) in [6.07, 6.45) is 2.55. The summed E-state index contributed by atoms with van der Waals surface area (Å²) in [5.41, 5.74) is 13.3. The van der Waals surface area contributed by atoms with E-state index in [2.05, 4.69) is 6.58 Å². The van der Waals surface area contributed by atoms with Crippen molar-refractivity contribution in [2.24, 2.45) is 17.4 Å². The Morgan fingerprint density at radius 2 is 2.00 bits per heavy atom. The van der Waals surface area contributed by atoms with Gasteiger partial charge in [-0.15, -0.1) is 0 Å². The molecule has 0 bridgehead atoms. The van der Waals surface area contributed by atoms with Crippen molar-refractivity contribution in [2.75, 3.05) is 13.1 Å². The molecule has 1 aliphatic rings. The van der Waals surface area contributed by atoms with Crippen LogP contribution in [0, 0.1) is 5.92 Å². The largest absolute Gasteiger partial charge is 0.402 e. The molecule has 0 spiro atoms. The second kappa shape index (κ2) is 5.61. The molecule has 4 N–H and O–H groups in total. The zero-order valence-corrected chi connectivity index (χ0v) is 10.9.